The molecule has 26 heavy (non-hydrogen) atoms. The smallest absolute Gasteiger partial charge is 0.271 e. The van der Waals surface area contributed by atoms with Crippen molar-refractivity contribution in [2.75, 3.05) is 0 Å². The maximum absolute atomic E-state index is 12.1. The van der Waals surface area contributed by atoms with Crippen molar-refractivity contribution < 1.29 is 9.32 Å². The largest absolute Gasteiger partial charge is 0.348 e. The van der Waals surface area contributed by atoms with Gasteiger partial charge in [0, 0.05) is 24.4 Å². The number of rotatable bonds is 6. The highest BCUT2D eigenvalue weighted by molar-refractivity contribution is 5.92. The number of nitrogens with zero attached hydrogens (tertiary/aromatic N) is 5. The van der Waals surface area contributed by atoms with E-state index in [0.29, 0.717) is 23.3 Å². The van der Waals surface area contributed by atoms with Crippen molar-refractivity contribution >= 4 is 5.91 Å². The van der Waals surface area contributed by atoms with Crippen LogP contribution in [0.25, 0.3) is 17.3 Å². The molecule has 3 aromatic heterocycles. The SMILES string of the molecule is CC[C@@H](C)NC(=O)c1cn(-c2ccc(-c3nc(C4CC4)no3)cn2)cn1. The Morgan fingerprint density at radius 3 is 2.92 bits per heavy atom. The van der Waals surface area contributed by atoms with Crippen molar-refractivity contribution in [1.82, 2.24) is 30.0 Å². The Labute approximate surface area is 150 Å². The molecular weight excluding hydrogens is 332 g/mol. The van der Waals surface area contributed by atoms with Crippen LogP contribution < -0.4 is 5.32 Å². The topological polar surface area (TPSA) is 98.7 Å². The molecule has 1 amide bonds. The van der Waals surface area contributed by atoms with Crippen LogP contribution in [-0.2, 0) is 0 Å². The summed E-state index contributed by atoms with van der Waals surface area (Å²) < 4.78 is 7.01. The first-order chi connectivity index (χ1) is 12.6. The van der Waals surface area contributed by atoms with E-state index in [1.807, 2.05) is 26.0 Å². The van der Waals surface area contributed by atoms with E-state index in [9.17, 15) is 4.79 Å². The number of hydrogen-bond acceptors (Lipinski definition) is 6. The first-order valence-electron chi connectivity index (χ1n) is 8.79. The summed E-state index contributed by atoms with van der Waals surface area (Å²) in [6.07, 6.45) is 8.04. The molecule has 1 atom stereocenters. The number of carbonyl (C=O) groups excluding carboxylic acids is 1. The summed E-state index contributed by atoms with van der Waals surface area (Å²) in [5, 5.41) is 6.91. The van der Waals surface area contributed by atoms with Crippen LogP contribution in [-0.4, -0.2) is 36.6 Å². The van der Waals surface area contributed by atoms with Crippen molar-refractivity contribution in [1.29, 1.82) is 0 Å². The van der Waals surface area contributed by atoms with E-state index < -0.39 is 0 Å². The van der Waals surface area contributed by atoms with Gasteiger partial charge in [0.2, 0.25) is 0 Å². The number of carbonyl (C=O) groups is 1. The fraction of sp³-hybridized carbons (Fsp3) is 0.389. The van der Waals surface area contributed by atoms with Gasteiger partial charge in [-0.25, -0.2) is 9.97 Å². The molecule has 0 saturated heterocycles. The van der Waals surface area contributed by atoms with Gasteiger partial charge in [-0.15, -0.1) is 0 Å². The Hall–Kier alpha value is -3.03. The monoisotopic (exact) mass is 352 g/mol. The highest BCUT2D eigenvalue weighted by atomic mass is 16.5. The van der Waals surface area contributed by atoms with Crippen LogP contribution in [0, 0.1) is 0 Å². The summed E-state index contributed by atoms with van der Waals surface area (Å²) in [5.41, 5.74) is 1.13. The molecule has 0 unspecified atom stereocenters. The molecule has 0 aromatic carbocycles. The lowest BCUT2D eigenvalue weighted by molar-refractivity contribution is 0.0934. The molecule has 1 aliphatic rings. The highest BCUT2D eigenvalue weighted by Gasteiger charge is 2.29. The number of aromatic nitrogens is 5. The first kappa shape index (κ1) is 16.4. The molecule has 3 aromatic rings. The van der Waals surface area contributed by atoms with Crippen LogP contribution in [0.1, 0.15) is 55.3 Å². The summed E-state index contributed by atoms with van der Waals surface area (Å²) in [4.78, 5) is 25.1. The quantitative estimate of drug-likeness (QED) is 0.732. The second-order valence-corrected chi connectivity index (χ2v) is 6.59. The third-order valence-electron chi connectivity index (χ3n) is 4.45. The molecule has 0 aliphatic heterocycles. The number of nitrogens with one attached hydrogen (secondary N) is 1. The molecule has 8 heteroatoms. The summed E-state index contributed by atoms with van der Waals surface area (Å²) in [7, 11) is 0. The molecule has 0 spiro atoms. The van der Waals surface area contributed by atoms with Crippen molar-refractivity contribution in [3.63, 3.8) is 0 Å². The number of pyridine rings is 1. The molecular formula is C18H20N6O2. The Bertz CT molecular complexity index is 910. The summed E-state index contributed by atoms with van der Waals surface area (Å²) >= 11 is 0. The molecule has 0 radical (unpaired) electrons. The Balaban J connectivity index is 1.49. The number of imidazole rings is 1. The molecule has 1 fully saturated rings. The lowest BCUT2D eigenvalue weighted by atomic mass is 10.2. The Kier molecular flexibility index (Phi) is 4.24. The average molecular weight is 352 g/mol. The van der Waals surface area contributed by atoms with E-state index in [-0.39, 0.29) is 11.9 Å². The number of amides is 1. The van der Waals surface area contributed by atoms with Crippen molar-refractivity contribution in [3.05, 3.63) is 42.4 Å². The highest BCUT2D eigenvalue weighted by Crippen LogP contribution is 2.38. The van der Waals surface area contributed by atoms with Crippen molar-refractivity contribution in [2.45, 2.75) is 45.1 Å². The maximum Gasteiger partial charge on any atom is 0.271 e. The van der Waals surface area contributed by atoms with Crippen LogP contribution in [0.5, 0.6) is 0 Å². The zero-order valence-corrected chi connectivity index (χ0v) is 14.7. The number of hydrogen-bond donors (Lipinski definition) is 1. The van der Waals surface area contributed by atoms with E-state index in [1.165, 1.54) is 0 Å². The molecule has 0 bridgehead atoms. The zero-order chi connectivity index (χ0) is 18.1. The third-order valence-corrected chi connectivity index (χ3v) is 4.45. The third kappa shape index (κ3) is 3.35. The summed E-state index contributed by atoms with van der Waals surface area (Å²) in [6, 6.07) is 3.81. The predicted molar refractivity (Wildman–Crippen MR) is 93.8 cm³/mol. The van der Waals surface area contributed by atoms with Gasteiger partial charge in [-0.05, 0) is 38.3 Å². The second-order valence-electron chi connectivity index (χ2n) is 6.59. The molecule has 8 nitrogen and oxygen atoms in total. The van der Waals surface area contributed by atoms with E-state index in [4.69, 9.17) is 4.52 Å². The molecule has 4 rings (SSSR count). The minimum Gasteiger partial charge on any atom is -0.348 e. The standard InChI is InChI=1S/C18H20N6O2/c1-3-11(2)21-17(25)14-9-24(10-20-14)15-7-6-13(8-19-15)18-22-16(23-26-18)12-4-5-12/h6-12H,3-5H2,1-2H3,(H,21,25)/t11-/m1/s1. The molecule has 1 N–H and O–H groups in total. The van der Waals surface area contributed by atoms with Crippen molar-refractivity contribution in [3.8, 4) is 17.3 Å². The lowest BCUT2D eigenvalue weighted by Gasteiger charge is -2.09. The van der Waals surface area contributed by atoms with Crippen LogP contribution in [0.2, 0.25) is 0 Å². The van der Waals surface area contributed by atoms with Gasteiger partial charge in [0.05, 0.1) is 5.56 Å². The molecule has 3 heterocycles. The van der Waals surface area contributed by atoms with E-state index >= 15 is 0 Å². The van der Waals surface area contributed by atoms with Crippen LogP contribution in [0.3, 0.4) is 0 Å². The Morgan fingerprint density at radius 2 is 2.23 bits per heavy atom. The summed E-state index contributed by atoms with van der Waals surface area (Å²) in [5.74, 6) is 2.17. The fourth-order valence-corrected chi connectivity index (χ4v) is 2.49. The lowest BCUT2D eigenvalue weighted by Crippen LogP contribution is -2.32. The average Bonchev–Trinajstić information content (AvgIpc) is 3.20. The van der Waals surface area contributed by atoms with E-state index in [0.717, 1.165) is 30.7 Å². The fourth-order valence-electron chi connectivity index (χ4n) is 2.49. The van der Waals surface area contributed by atoms with Crippen LogP contribution in [0.4, 0.5) is 0 Å². The molecule has 1 saturated carbocycles. The minimum atomic E-state index is -0.187. The van der Waals surface area contributed by atoms with Gasteiger partial charge in [0.15, 0.2) is 5.82 Å². The maximum atomic E-state index is 12.1. The van der Waals surface area contributed by atoms with Gasteiger partial charge in [-0.2, -0.15) is 4.98 Å². The molecule has 134 valence electrons. The van der Waals surface area contributed by atoms with E-state index in [2.05, 4.69) is 25.4 Å². The van der Waals surface area contributed by atoms with Crippen LogP contribution >= 0.6 is 0 Å². The van der Waals surface area contributed by atoms with Gasteiger partial charge >= 0.3 is 0 Å². The zero-order valence-electron chi connectivity index (χ0n) is 14.7. The van der Waals surface area contributed by atoms with E-state index in [1.54, 1.807) is 23.3 Å². The second kappa shape index (κ2) is 6.70. The van der Waals surface area contributed by atoms with Gasteiger partial charge in [-0.1, -0.05) is 12.1 Å². The summed E-state index contributed by atoms with van der Waals surface area (Å²) in [6.45, 7) is 3.98. The van der Waals surface area contributed by atoms with Gasteiger partial charge < -0.3 is 9.84 Å². The predicted octanol–water partition coefficient (Wildman–Crippen LogP) is 2.72. The van der Waals surface area contributed by atoms with Gasteiger partial charge in [-0.3, -0.25) is 9.36 Å². The van der Waals surface area contributed by atoms with Crippen molar-refractivity contribution in [2.24, 2.45) is 0 Å². The normalized spacial score (nSPS) is 15.0. The van der Waals surface area contributed by atoms with Gasteiger partial charge in [0.1, 0.15) is 17.8 Å². The van der Waals surface area contributed by atoms with Gasteiger partial charge in [0.25, 0.3) is 11.8 Å². The van der Waals surface area contributed by atoms with Crippen LogP contribution in [0.15, 0.2) is 35.4 Å². The first-order valence-corrected chi connectivity index (χ1v) is 8.79. The molecule has 1 aliphatic carbocycles. The Morgan fingerprint density at radius 1 is 1.38 bits per heavy atom. The minimum absolute atomic E-state index is 0.111.